The zero-order valence-corrected chi connectivity index (χ0v) is 11.5. The van der Waals surface area contributed by atoms with E-state index in [9.17, 15) is 14.7 Å². The molecule has 0 saturated heterocycles. The van der Waals surface area contributed by atoms with Gasteiger partial charge in [-0.05, 0) is 19.4 Å². The number of nitrogens with zero attached hydrogens (tertiary/aromatic N) is 2. The van der Waals surface area contributed by atoms with E-state index in [-0.39, 0.29) is 41.3 Å². The Hall–Kier alpha value is -2.55. The number of nitriles is 1. The van der Waals surface area contributed by atoms with E-state index in [4.69, 9.17) is 10.00 Å². The maximum atomic E-state index is 12.0. The molecular formula is C14H14N2O4. The lowest BCUT2D eigenvalue weighted by atomic mass is 9.85. The molecule has 0 bridgehead atoms. The van der Waals surface area contributed by atoms with Gasteiger partial charge in [0.1, 0.15) is 17.4 Å². The summed E-state index contributed by atoms with van der Waals surface area (Å²) in [6.07, 6.45) is 0.165. The molecule has 0 saturated carbocycles. The van der Waals surface area contributed by atoms with Gasteiger partial charge in [0.2, 0.25) is 5.88 Å². The summed E-state index contributed by atoms with van der Waals surface area (Å²) >= 11 is 0. The molecule has 0 radical (unpaired) electrons. The van der Waals surface area contributed by atoms with Crippen LogP contribution in [0, 0.1) is 18.3 Å². The Bertz CT molecular complexity index is 735. The molecule has 1 aromatic heterocycles. The van der Waals surface area contributed by atoms with Crippen molar-refractivity contribution < 1.29 is 14.6 Å². The van der Waals surface area contributed by atoms with Gasteiger partial charge < -0.3 is 9.84 Å². The number of ketones is 1. The number of aromatic hydroxyl groups is 1. The van der Waals surface area contributed by atoms with Gasteiger partial charge in [0.05, 0.1) is 24.7 Å². The van der Waals surface area contributed by atoms with E-state index >= 15 is 0 Å². The molecular weight excluding hydrogens is 260 g/mol. The molecule has 0 amide bonds. The number of hydrogen-bond donors (Lipinski definition) is 1. The first-order valence-electron chi connectivity index (χ1n) is 6.15. The average Bonchev–Trinajstić information content (AvgIpc) is 2.41. The number of pyridine rings is 1. The van der Waals surface area contributed by atoms with E-state index in [1.165, 1.54) is 7.11 Å². The molecule has 20 heavy (non-hydrogen) atoms. The Labute approximate surface area is 115 Å². The predicted octanol–water partition coefficient (Wildman–Crippen LogP) is 1.08. The lowest BCUT2D eigenvalue weighted by molar-refractivity contribution is -0.115. The molecule has 0 unspecified atom stereocenters. The maximum absolute atomic E-state index is 12.0. The number of Topliss-reactive ketones (excluding diaryl/α,β-unsaturated/α-hetero) is 1. The summed E-state index contributed by atoms with van der Waals surface area (Å²) in [5, 5.41) is 19.4. The lowest BCUT2D eigenvalue weighted by Gasteiger charge is -2.24. The second-order valence-electron chi connectivity index (χ2n) is 4.46. The van der Waals surface area contributed by atoms with Gasteiger partial charge in [-0.1, -0.05) is 0 Å². The molecule has 0 spiro atoms. The third-order valence-electron chi connectivity index (χ3n) is 3.49. The Morgan fingerprint density at radius 1 is 1.45 bits per heavy atom. The largest absolute Gasteiger partial charge is 0.500 e. The van der Waals surface area contributed by atoms with Crippen LogP contribution in [0.3, 0.4) is 0 Å². The fourth-order valence-corrected chi connectivity index (χ4v) is 2.37. The fourth-order valence-electron chi connectivity index (χ4n) is 2.37. The fraction of sp³-hybridized carbons (Fsp3) is 0.357. The lowest BCUT2D eigenvalue weighted by Crippen LogP contribution is -2.27. The third kappa shape index (κ3) is 1.71. The van der Waals surface area contributed by atoms with Crippen molar-refractivity contribution in [3.05, 3.63) is 32.8 Å². The Morgan fingerprint density at radius 2 is 2.10 bits per heavy atom. The Balaban J connectivity index is 2.89. The van der Waals surface area contributed by atoms with Crippen LogP contribution in [0.25, 0.3) is 5.57 Å². The van der Waals surface area contributed by atoms with Crippen LogP contribution < -0.4 is 5.56 Å². The van der Waals surface area contributed by atoms with Gasteiger partial charge in [-0.3, -0.25) is 14.2 Å². The van der Waals surface area contributed by atoms with Crippen LogP contribution >= 0.6 is 0 Å². The topological polar surface area (TPSA) is 92.3 Å². The first-order valence-corrected chi connectivity index (χ1v) is 6.15. The van der Waals surface area contributed by atoms with Gasteiger partial charge in [-0.2, -0.15) is 5.26 Å². The van der Waals surface area contributed by atoms with Gasteiger partial charge in [0, 0.05) is 6.54 Å². The van der Waals surface area contributed by atoms with Crippen molar-refractivity contribution >= 4 is 11.4 Å². The van der Waals surface area contributed by atoms with E-state index in [1.807, 2.05) is 6.07 Å². The van der Waals surface area contributed by atoms with Gasteiger partial charge in [-0.25, -0.2) is 0 Å². The molecule has 6 heteroatoms. The summed E-state index contributed by atoms with van der Waals surface area (Å²) in [6.45, 7) is 3.42. The standard InChI is InChI=1S/C14H14N2O4/c1-4-16-13(18)8(6-15)7(2)11(14(16)19)12-9(17)5-10(12)20-3/h19H,4-5H2,1-3H3. The minimum absolute atomic E-state index is 0.0673. The van der Waals surface area contributed by atoms with Crippen LogP contribution in [0.5, 0.6) is 5.88 Å². The number of allylic oxidation sites excluding steroid dienone is 2. The van der Waals surface area contributed by atoms with Crippen LogP contribution in [0.15, 0.2) is 10.6 Å². The smallest absolute Gasteiger partial charge is 0.271 e. The number of carbonyl (C=O) groups is 1. The van der Waals surface area contributed by atoms with Crippen molar-refractivity contribution in [1.82, 2.24) is 4.57 Å². The molecule has 0 aromatic carbocycles. The van der Waals surface area contributed by atoms with Crippen LogP contribution in [-0.4, -0.2) is 22.6 Å². The highest BCUT2D eigenvalue weighted by atomic mass is 16.5. The Kier molecular flexibility index (Phi) is 3.36. The molecule has 104 valence electrons. The number of hydrogen-bond acceptors (Lipinski definition) is 5. The zero-order valence-electron chi connectivity index (χ0n) is 11.5. The van der Waals surface area contributed by atoms with Crippen molar-refractivity contribution in [2.24, 2.45) is 0 Å². The SMILES string of the molecule is CCn1c(O)c(C2=C(OC)CC2=O)c(C)c(C#N)c1=O. The summed E-state index contributed by atoms with van der Waals surface area (Å²) < 4.78 is 6.16. The predicted molar refractivity (Wildman–Crippen MR) is 71.0 cm³/mol. The van der Waals surface area contributed by atoms with E-state index < -0.39 is 5.56 Å². The van der Waals surface area contributed by atoms with E-state index in [0.717, 1.165) is 4.57 Å². The summed E-state index contributed by atoms with van der Waals surface area (Å²) in [4.78, 5) is 23.8. The highest BCUT2D eigenvalue weighted by molar-refractivity contribution is 6.29. The van der Waals surface area contributed by atoms with Crippen LogP contribution in [-0.2, 0) is 16.1 Å². The monoisotopic (exact) mass is 274 g/mol. The number of methoxy groups -OCH3 is 1. The van der Waals surface area contributed by atoms with Crippen molar-refractivity contribution in [2.45, 2.75) is 26.8 Å². The van der Waals surface area contributed by atoms with Gasteiger partial charge >= 0.3 is 0 Å². The van der Waals surface area contributed by atoms with Crippen LogP contribution in [0.4, 0.5) is 0 Å². The molecule has 1 aliphatic rings. The second kappa shape index (κ2) is 4.85. The van der Waals surface area contributed by atoms with Gasteiger partial charge in [0.25, 0.3) is 5.56 Å². The van der Waals surface area contributed by atoms with Gasteiger partial charge in [0.15, 0.2) is 5.78 Å². The molecule has 0 fully saturated rings. The third-order valence-corrected chi connectivity index (χ3v) is 3.49. The molecule has 0 atom stereocenters. The quantitative estimate of drug-likeness (QED) is 0.890. The van der Waals surface area contributed by atoms with Crippen LogP contribution in [0.2, 0.25) is 0 Å². The number of carbonyl (C=O) groups excluding carboxylic acids is 1. The molecule has 1 aliphatic carbocycles. The molecule has 2 rings (SSSR count). The van der Waals surface area contributed by atoms with Crippen molar-refractivity contribution in [3.8, 4) is 11.9 Å². The van der Waals surface area contributed by atoms with Crippen molar-refractivity contribution in [2.75, 3.05) is 7.11 Å². The average molecular weight is 274 g/mol. The van der Waals surface area contributed by atoms with Crippen molar-refractivity contribution in [1.29, 1.82) is 5.26 Å². The normalized spacial score (nSPS) is 14.0. The van der Waals surface area contributed by atoms with Crippen molar-refractivity contribution in [3.63, 3.8) is 0 Å². The van der Waals surface area contributed by atoms with E-state index in [0.29, 0.717) is 11.3 Å². The van der Waals surface area contributed by atoms with E-state index in [1.54, 1.807) is 13.8 Å². The first-order chi connectivity index (χ1) is 9.47. The molecule has 0 aliphatic heterocycles. The Morgan fingerprint density at radius 3 is 2.55 bits per heavy atom. The van der Waals surface area contributed by atoms with Crippen LogP contribution in [0.1, 0.15) is 30.0 Å². The number of rotatable bonds is 3. The summed E-state index contributed by atoms with van der Waals surface area (Å²) in [6, 6.07) is 1.84. The maximum Gasteiger partial charge on any atom is 0.271 e. The van der Waals surface area contributed by atoms with E-state index in [2.05, 4.69) is 0 Å². The minimum atomic E-state index is -0.555. The highest BCUT2D eigenvalue weighted by Crippen LogP contribution is 2.39. The summed E-state index contributed by atoms with van der Waals surface area (Å²) in [5.41, 5.74) is 0.150. The second-order valence-corrected chi connectivity index (χ2v) is 4.46. The van der Waals surface area contributed by atoms with Gasteiger partial charge in [-0.15, -0.1) is 0 Å². The summed E-state index contributed by atoms with van der Waals surface area (Å²) in [5.74, 6) is -0.0179. The zero-order chi connectivity index (χ0) is 15.0. The number of ether oxygens (including phenoxy) is 1. The minimum Gasteiger partial charge on any atom is -0.500 e. The number of aromatic nitrogens is 1. The first kappa shape index (κ1) is 13.9. The highest BCUT2D eigenvalue weighted by Gasteiger charge is 2.34. The molecule has 1 heterocycles. The molecule has 1 N–H and O–H groups in total. The molecule has 1 aromatic rings. The summed E-state index contributed by atoms with van der Waals surface area (Å²) in [7, 11) is 1.44. The molecule has 6 nitrogen and oxygen atoms in total.